The summed E-state index contributed by atoms with van der Waals surface area (Å²) in [6.07, 6.45) is 5.29. The van der Waals surface area contributed by atoms with Crippen LogP contribution in [0, 0.1) is 0 Å². The Morgan fingerprint density at radius 3 is 2.73 bits per heavy atom. The molecular weight excluding hydrogens is 136 g/mol. The fraction of sp³-hybridized carbons (Fsp3) is 0.667. The first kappa shape index (κ1) is 8.31. The van der Waals surface area contributed by atoms with Gasteiger partial charge in [-0.2, -0.15) is 5.10 Å². The third-order valence-electron chi connectivity index (χ3n) is 2.16. The molecule has 0 N–H and O–H groups in total. The molecule has 0 amide bonds. The molecule has 1 atom stereocenters. The lowest BCUT2D eigenvalue weighted by atomic mass is 10.0. The standard InChI is InChI=1S/C9H16N2/c1-4-8(3)9-6-10-11(5-2)7-9/h6-8H,4-5H2,1-3H3. The normalized spacial score (nSPS) is 13.4. The first-order chi connectivity index (χ1) is 5.27. The van der Waals surface area contributed by atoms with Crippen LogP contribution in [-0.4, -0.2) is 9.78 Å². The maximum absolute atomic E-state index is 4.22. The highest BCUT2D eigenvalue weighted by molar-refractivity contribution is 5.09. The highest BCUT2D eigenvalue weighted by atomic mass is 15.3. The molecule has 2 nitrogen and oxygen atoms in total. The molecule has 0 bridgehead atoms. The Bertz CT molecular complexity index is 215. The molecular formula is C9H16N2. The number of aromatic nitrogens is 2. The van der Waals surface area contributed by atoms with E-state index in [0.29, 0.717) is 5.92 Å². The summed E-state index contributed by atoms with van der Waals surface area (Å²) in [4.78, 5) is 0. The van der Waals surface area contributed by atoms with Gasteiger partial charge in [0.05, 0.1) is 6.20 Å². The van der Waals surface area contributed by atoms with Gasteiger partial charge in [0, 0.05) is 12.7 Å². The summed E-state index contributed by atoms with van der Waals surface area (Å²) in [5.74, 6) is 0.648. The van der Waals surface area contributed by atoms with E-state index in [-0.39, 0.29) is 0 Å². The van der Waals surface area contributed by atoms with E-state index in [0.717, 1.165) is 6.54 Å². The number of hydrogen-bond donors (Lipinski definition) is 0. The minimum absolute atomic E-state index is 0.648. The number of nitrogens with zero attached hydrogens (tertiary/aromatic N) is 2. The van der Waals surface area contributed by atoms with E-state index >= 15 is 0 Å². The largest absolute Gasteiger partial charge is 0.273 e. The van der Waals surface area contributed by atoms with Gasteiger partial charge in [0.2, 0.25) is 0 Å². The molecule has 0 fully saturated rings. The summed E-state index contributed by atoms with van der Waals surface area (Å²) in [6, 6.07) is 0. The minimum atomic E-state index is 0.648. The zero-order chi connectivity index (χ0) is 8.27. The van der Waals surface area contributed by atoms with Gasteiger partial charge >= 0.3 is 0 Å². The van der Waals surface area contributed by atoms with Crippen LogP contribution in [0.15, 0.2) is 12.4 Å². The van der Waals surface area contributed by atoms with E-state index in [1.807, 2.05) is 10.9 Å². The van der Waals surface area contributed by atoms with Crippen molar-refractivity contribution in [2.75, 3.05) is 0 Å². The van der Waals surface area contributed by atoms with Gasteiger partial charge in [-0.25, -0.2) is 0 Å². The van der Waals surface area contributed by atoms with Crippen LogP contribution in [0.3, 0.4) is 0 Å². The van der Waals surface area contributed by atoms with Gasteiger partial charge in [-0.1, -0.05) is 13.8 Å². The molecule has 1 heterocycles. The molecule has 1 aromatic heterocycles. The fourth-order valence-corrected chi connectivity index (χ4v) is 1.04. The first-order valence-electron chi connectivity index (χ1n) is 4.30. The lowest BCUT2D eigenvalue weighted by Gasteiger charge is -2.02. The molecule has 0 aliphatic rings. The van der Waals surface area contributed by atoms with Gasteiger partial charge in [-0.05, 0) is 24.8 Å². The van der Waals surface area contributed by atoms with Crippen LogP contribution in [0.4, 0.5) is 0 Å². The molecule has 0 radical (unpaired) electrons. The van der Waals surface area contributed by atoms with Crippen molar-refractivity contribution in [2.45, 2.75) is 39.7 Å². The molecule has 0 spiro atoms. The van der Waals surface area contributed by atoms with Crippen molar-refractivity contribution in [3.63, 3.8) is 0 Å². The van der Waals surface area contributed by atoms with Crippen molar-refractivity contribution in [2.24, 2.45) is 0 Å². The van der Waals surface area contributed by atoms with E-state index < -0.39 is 0 Å². The Kier molecular flexibility index (Phi) is 2.69. The van der Waals surface area contributed by atoms with Gasteiger partial charge in [0.15, 0.2) is 0 Å². The van der Waals surface area contributed by atoms with Crippen molar-refractivity contribution in [3.05, 3.63) is 18.0 Å². The van der Waals surface area contributed by atoms with Gasteiger partial charge in [-0.3, -0.25) is 4.68 Å². The molecule has 0 saturated heterocycles. The zero-order valence-corrected chi connectivity index (χ0v) is 7.54. The van der Waals surface area contributed by atoms with Gasteiger partial charge < -0.3 is 0 Å². The van der Waals surface area contributed by atoms with Crippen LogP contribution >= 0.6 is 0 Å². The molecule has 11 heavy (non-hydrogen) atoms. The molecule has 0 aliphatic carbocycles. The predicted molar refractivity (Wildman–Crippen MR) is 46.6 cm³/mol. The Balaban J connectivity index is 2.71. The maximum atomic E-state index is 4.22. The van der Waals surface area contributed by atoms with Crippen molar-refractivity contribution >= 4 is 0 Å². The lowest BCUT2D eigenvalue weighted by Crippen LogP contribution is -1.93. The average Bonchev–Trinajstić information content (AvgIpc) is 2.50. The van der Waals surface area contributed by atoms with Gasteiger partial charge in [-0.15, -0.1) is 0 Å². The van der Waals surface area contributed by atoms with Crippen molar-refractivity contribution in [1.29, 1.82) is 0 Å². The Morgan fingerprint density at radius 1 is 1.55 bits per heavy atom. The van der Waals surface area contributed by atoms with E-state index in [1.165, 1.54) is 12.0 Å². The predicted octanol–water partition coefficient (Wildman–Crippen LogP) is 2.42. The van der Waals surface area contributed by atoms with Crippen LogP contribution < -0.4 is 0 Å². The Labute approximate surface area is 68.2 Å². The van der Waals surface area contributed by atoms with E-state index in [2.05, 4.69) is 32.1 Å². The highest BCUT2D eigenvalue weighted by Crippen LogP contribution is 2.16. The van der Waals surface area contributed by atoms with Crippen LogP contribution in [0.2, 0.25) is 0 Å². The van der Waals surface area contributed by atoms with Gasteiger partial charge in [0.25, 0.3) is 0 Å². The second-order valence-electron chi connectivity index (χ2n) is 2.94. The highest BCUT2D eigenvalue weighted by Gasteiger charge is 2.03. The van der Waals surface area contributed by atoms with Crippen molar-refractivity contribution in [3.8, 4) is 0 Å². The number of aryl methyl sites for hydroxylation is 1. The summed E-state index contributed by atoms with van der Waals surface area (Å²) in [7, 11) is 0. The number of rotatable bonds is 3. The summed E-state index contributed by atoms with van der Waals surface area (Å²) in [5.41, 5.74) is 1.36. The summed E-state index contributed by atoms with van der Waals surface area (Å²) >= 11 is 0. The molecule has 1 unspecified atom stereocenters. The quantitative estimate of drug-likeness (QED) is 0.650. The second kappa shape index (κ2) is 3.56. The maximum Gasteiger partial charge on any atom is 0.0524 e. The average molecular weight is 152 g/mol. The van der Waals surface area contributed by atoms with Crippen LogP contribution in [0.25, 0.3) is 0 Å². The van der Waals surface area contributed by atoms with Crippen molar-refractivity contribution in [1.82, 2.24) is 9.78 Å². The van der Waals surface area contributed by atoms with Gasteiger partial charge in [0.1, 0.15) is 0 Å². The molecule has 0 aromatic carbocycles. The molecule has 1 rings (SSSR count). The lowest BCUT2D eigenvalue weighted by molar-refractivity contribution is 0.656. The zero-order valence-electron chi connectivity index (χ0n) is 7.54. The van der Waals surface area contributed by atoms with Crippen LogP contribution in [0.5, 0.6) is 0 Å². The van der Waals surface area contributed by atoms with Crippen LogP contribution in [-0.2, 0) is 6.54 Å². The molecule has 62 valence electrons. The van der Waals surface area contributed by atoms with E-state index in [1.54, 1.807) is 0 Å². The Hall–Kier alpha value is -0.790. The van der Waals surface area contributed by atoms with E-state index in [4.69, 9.17) is 0 Å². The molecule has 0 saturated carbocycles. The summed E-state index contributed by atoms with van der Waals surface area (Å²) in [6.45, 7) is 7.51. The second-order valence-corrected chi connectivity index (χ2v) is 2.94. The number of hydrogen-bond acceptors (Lipinski definition) is 1. The molecule has 1 aromatic rings. The van der Waals surface area contributed by atoms with Crippen LogP contribution in [0.1, 0.15) is 38.7 Å². The molecule has 0 aliphatic heterocycles. The van der Waals surface area contributed by atoms with E-state index in [9.17, 15) is 0 Å². The SMILES string of the molecule is CCC(C)c1cnn(CC)c1. The van der Waals surface area contributed by atoms with Crippen molar-refractivity contribution < 1.29 is 0 Å². The summed E-state index contributed by atoms with van der Waals surface area (Å²) < 4.78 is 1.97. The first-order valence-corrected chi connectivity index (χ1v) is 4.30. The smallest absolute Gasteiger partial charge is 0.0524 e. The third kappa shape index (κ3) is 1.82. The molecule has 2 heteroatoms. The topological polar surface area (TPSA) is 17.8 Å². The third-order valence-corrected chi connectivity index (χ3v) is 2.16. The fourth-order valence-electron chi connectivity index (χ4n) is 1.04. The Morgan fingerprint density at radius 2 is 2.27 bits per heavy atom. The monoisotopic (exact) mass is 152 g/mol. The minimum Gasteiger partial charge on any atom is -0.273 e. The summed E-state index contributed by atoms with van der Waals surface area (Å²) in [5, 5.41) is 4.22.